The van der Waals surface area contributed by atoms with E-state index in [2.05, 4.69) is 10.4 Å². The molecular formula is C22H19FN4O2S. The van der Waals surface area contributed by atoms with Gasteiger partial charge in [0.1, 0.15) is 10.6 Å². The molecule has 4 rings (SSSR count). The number of benzene rings is 2. The Balaban J connectivity index is 1.54. The Morgan fingerprint density at radius 1 is 1.13 bits per heavy atom. The lowest BCUT2D eigenvalue weighted by Gasteiger charge is -2.15. The molecule has 2 aromatic heterocycles. The van der Waals surface area contributed by atoms with Crippen molar-refractivity contribution in [1.29, 1.82) is 0 Å². The number of nitrogens with one attached hydrogen (secondary N) is 1. The molecule has 2 amide bonds. The topological polar surface area (TPSA) is 67.2 Å². The molecule has 0 atom stereocenters. The van der Waals surface area contributed by atoms with Crippen molar-refractivity contribution >= 4 is 39.1 Å². The average molecular weight is 422 g/mol. The number of likely N-dealkylation sites (N-methyl/N-ethyl adjacent to an activating group) is 1. The highest BCUT2D eigenvalue weighted by Crippen LogP contribution is 2.31. The monoisotopic (exact) mass is 422 g/mol. The van der Waals surface area contributed by atoms with Crippen molar-refractivity contribution in [3.63, 3.8) is 0 Å². The molecule has 0 radical (unpaired) electrons. The molecule has 0 aliphatic carbocycles. The molecule has 0 spiro atoms. The Morgan fingerprint density at radius 2 is 1.83 bits per heavy atom. The second kappa shape index (κ2) is 8.08. The van der Waals surface area contributed by atoms with E-state index in [0.29, 0.717) is 16.3 Å². The highest BCUT2D eigenvalue weighted by Gasteiger charge is 2.21. The number of anilines is 1. The molecule has 8 heteroatoms. The number of amides is 2. The number of halogens is 1. The molecule has 152 valence electrons. The minimum Gasteiger partial charge on any atom is -0.332 e. The molecule has 0 unspecified atom stereocenters. The number of thiophene rings is 1. The standard InChI is InChI=1S/C22H19FN4O2S/c1-14-18-12-19(30-22(18)27(25-14)17-10-8-15(23)9-11-17)21(29)26(2)13-20(28)24-16-6-4-3-5-7-16/h3-12H,13H2,1-2H3,(H,24,28). The zero-order chi connectivity index (χ0) is 21.3. The van der Waals surface area contributed by atoms with Crippen LogP contribution in [0.4, 0.5) is 10.1 Å². The van der Waals surface area contributed by atoms with Crippen molar-refractivity contribution in [3.05, 3.63) is 77.1 Å². The van der Waals surface area contributed by atoms with Crippen LogP contribution in [-0.4, -0.2) is 40.1 Å². The van der Waals surface area contributed by atoms with E-state index >= 15 is 0 Å². The zero-order valence-electron chi connectivity index (χ0n) is 16.4. The van der Waals surface area contributed by atoms with Crippen LogP contribution in [0.25, 0.3) is 15.9 Å². The molecule has 0 fully saturated rings. The van der Waals surface area contributed by atoms with Gasteiger partial charge < -0.3 is 10.2 Å². The van der Waals surface area contributed by atoms with Crippen LogP contribution >= 0.6 is 11.3 Å². The Kier molecular flexibility index (Phi) is 5.33. The molecule has 0 saturated carbocycles. The summed E-state index contributed by atoms with van der Waals surface area (Å²) in [7, 11) is 1.59. The SMILES string of the molecule is Cc1nn(-c2ccc(F)cc2)c2sc(C(=O)N(C)CC(=O)Nc3ccccc3)cc12. The van der Waals surface area contributed by atoms with E-state index in [1.165, 1.54) is 28.4 Å². The number of hydrogen-bond donors (Lipinski definition) is 1. The van der Waals surface area contributed by atoms with E-state index in [-0.39, 0.29) is 24.2 Å². The second-order valence-corrected chi connectivity index (χ2v) is 7.91. The van der Waals surface area contributed by atoms with Gasteiger partial charge in [0.2, 0.25) is 5.91 Å². The molecule has 0 bridgehead atoms. The van der Waals surface area contributed by atoms with Crippen LogP contribution in [-0.2, 0) is 4.79 Å². The summed E-state index contributed by atoms with van der Waals surface area (Å²) in [6, 6.07) is 16.9. The van der Waals surface area contributed by atoms with Crippen molar-refractivity contribution in [1.82, 2.24) is 14.7 Å². The zero-order valence-corrected chi connectivity index (χ0v) is 17.2. The van der Waals surface area contributed by atoms with Crippen LogP contribution in [0, 0.1) is 12.7 Å². The normalized spacial score (nSPS) is 10.9. The molecule has 0 aliphatic heterocycles. The maximum atomic E-state index is 13.3. The van der Waals surface area contributed by atoms with Crippen molar-refractivity contribution in [3.8, 4) is 5.69 Å². The molecule has 1 N–H and O–H groups in total. The number of carbonyl (C=O) groups is 2. The van der Waals surface area contributed by atoms with Crippen LogP contribution in [0.1, 0.15) is 15.4 Å². The average Bonchev–Trinajstić information content (AvgIpc) is 3.29. The third-order valence-electron chi connectivity index (χ3n) is 4.61. The first-order valence-corrected chi connectivity index (χ1v) is 10.1. The molecule has 6 nitrogen and oxygen atoms in total. The van der Waals surface area contributed by atoms with Gasteiger partial charge in [-0.15, -0.1) is 11.3 Å². The van der Waals surface area contributed by atoms with Gasteiger partial charge in [0, 0.05) is 18.1 Å². The number of rotatable bonds is 5. The Morgan fingerprint density at radius 3 is 2.53 bits per heavy atom. The first kappa shape index (κ1) is 19.8. The largest absolute Gasteiger partial charge is 0.332 e. The lowest BCUT2D eigenvalue weighted by atomic mass is 10.3. The second-order valence-electron chi connectivity index (χ2n) is 6.88. The number of aryl methyl sites for hydroxylation is 1. The molecule has 2 heterocycles. The van der Waals surface area contributed by atoms with Gasteiger partial charge in [-0.3, -0.25) is 9.59 Å². The Labute approximate surface area is 176 Å². The highest BCUT2D eigenvalue weighted by atomic mass is 32.1. The predicted molar refractivity (Wildman–Crippen MR) is 116 cm³/mol. The van der Waals surface area contributed by atoms with E-state index in [9.17, 15) is 14.0 Å². The maximum Gasteiger partial charge on any atom is 0.264 e. The summed E-state index contributed by atoms with van der Waals surface area (Å²) in [5.74, 6) is -0.840. The molecule has 0 saturated heterocycles. The van der Waals surface area contributed by atoms with Gasteiger partial charge in [-0.1, -0.05) is 18.2 Å². The number of aromatic nitrogens is 2. The lowest BCUT2D eigenvalue weighted by molar-refractivity contribution is -0.116. The van der Waals surface area contributed by atoms with Crippen LogP contribution in [0.5, 0.6) is 0 Å². The summed E-state index contributed by atoms with van der Waals surface area (Å²) >= 11 is 1.30. The Bertz CT molecular complexity index is 1220. The molecular weight excluding hydrogens is 403 g/mol. The van der Waals surface area contributed by atoms with Crippen molar-refractivity contribution < 1.29 is 14.0 Å². The maximum absolute atomic E-state index is 13.3. The third-order valence-corrected chi connectivity index (χ3v) is 5.71. The lowest BCUT2D eigenvalue weighted by Crippen LogP contribution is -2.34. The van der Waals surface area contributed by atoms with E-state index < -0.39 is 0 Å². The molecule has 30 heavy (non-hydrogen) atoms. The summed E-state index contributed by atoms with van der Waals surface area (Å²) in [5.41, 5.74) is 2.17. The first-order chi connectivity index (χ1) is 14.4. The number of hydrogen-bond acceptors (Lipinski definition) is 4. The number of para-hydroxylation sites is 1. The van der Waals surface area contributed by atoms with Crippen LogP contribution < -0.4 is 5.32 Å². The molecule has 4 aromatic rings. The van der Waals surface area contributed by atoms with Gasteiger partial charge in [0.15, 0.2) is 0 Å². The quantitative estimate of drug-likeness (QED) is 0.523. The Hall–Kier alpha value is -3.52. The number of fused-ring (bicyclic) bond motifs is 1. The molecule has 2 aromatic carbocycles. The van der Waals surface area contributed by atoms with Gasteiger partial charge in [0.05, 0.1) is 22.8 Å². The predicted octanol–water partition coefficient (Wildman–Crippen LogP) is 4.25. The summed E-state index contributed by atoms with van der Waals surface area (Å²) in [4.78, 5) is 27.8. The summed E-state index contributed by atoms with van der Waals surface area (Å²) in [6.07, 6.45) is 0. The summed E-state index contributed by atoms with van der Waals surface area (Å²) in [6.45, 7) is 1.80. The van der Waals surface area contributed by atoms with E-state index in [4.69, 9.17) is 0 Å². The molecule has 0 aliphatic rings. The minimum atomic E-state index is -0.323. The fourth-order valence-electron chi connectivity index (χ4n) is 3.11. The van der Waals surface area contributed by atoms with Crippen LogP contribution in [0.15, 0.2) is 60.7 Å². The highest BCUT2D eigenvalue weighted by molar-refractivity contribution is 7.20. The van der Waals surface area contributed by atoms with Crippen molar-refractivity contribution in [2.24, 2.45) is 0 Å². The van der Waals surface area contributed by atoms with Gasteiger partial charge in [-0.2, -0.15) is 5.10 Å². The minimum absolute atomic E-state index is 0.0644. The smallest absolute Gasteiger partial charge is 0.264 e. The van der Waals surface area contributed by atoms with Crippen LogP contribution in [0.2, 0.25) is 0 Å². The van der Waals surface area contributed by atoms with E-state index in [0.717, 1.165) is 15.9 Å². The van der Waals surface area contributed by atoms with E-state index in [1.54, 1.807) is 42.1 Å². The van der Waals surface area contributed by atoms with E-state index in [1.807, 2.05) is 25.1 Å². The van der Waals surface area contributed by atoms with Gasteiger partial charge in [0.25, 0.3) is 5.91 Å². The number of carbonyl (C=O) groups excluding carboxylic acids is 2. The van der Waals surface area contributed by atoms with Gasteiger partial charge >= 0.3 is 0 Å². The summed E-state index contributed by atoms with van der Waals surface area (Å²) in [5, 5.41) is 8.13. The number of nitrogens with zero attached hydrogens (tertiary/aromatic N) is 3. The van der Waals surface area contributed by atoms with Crippen molar-refractivity contribution in [2.75, 3.05) is 18.9 Å². The first-order valence-electron chi connectivity index (χ1n) is 9.28. The van der Waals surface area contributed by atoms with Crippen molar-refractivity contribution in [2.45, 2.75) is 6.92 Å². The fourth-order valence-corrected chi connectivity index (χ4v) is 4.28. The van der Waals surface area contributed by atoms with Gasteiger partial charge in [-0.05, 0) is 49.4 Å². The van der Waals surface area contributed by atoms with Gasteiger partial charge in [-0.25, -0.2) is 9.07 Å². The fraction of sp³-hybridized carbons (Fsp3) is 0.136. The van der Waals surface area contributed by atoms with Crippen LogP contribution in [0.3, 0.4) is 0 Å². The summed E-state index contributed by atoms with van der Waals surface area (Å²) < 4.78 is 15.0. The third kappa shape index (κ3) is 3.95.